The van der Waals surface area contributed by atoms with Crippen LogP contribution in [0.25, 0.3) is 17.4 Å². The Morgan fingerprint density at radius 1 is 0.914 bits per heavy atom. The van der Waals surface area contributed by atoms with Gasteiger partial charge in [-0.05, 0) is 48.5 Å². The number of furan rings is 1. The number of nitro benzene ring substituents is 1. The van der Waals surface area contributed by atoms with E-state index in [9.17, 15) is 14.9 Å². The van der Waals surface area contributed by atoms with Crippen LogP contribution < -0.4 is 5.01 Å². The standard InChI is InChI=1S/C27H19N3O4S/c31-27-23(17-20-15-16-26(34-20)22-13-7-8-14-25(22)30(32)33)24(18-35-21-11-5-2-6-12-21)28-29(27)19-9-3-1-4-10-19/h1-17H,18H2/b23-17+. The fourth-order valence-electron chi connectivity index (χ4n) is 3.68. The number of carbonyl (C=O) groups is 1. The molecule has 0 bridgehead atoms. The number of nitro groups is 1. The summed E-state index contributed by atoms with van der Waals surface area (Å²) in [4.78, 5) is 25.4. The number of rotatable bonds is 7. The summed E-state index contributed by atoms with van der Waals surface area (Å²) in [5, 5.41) is 17.4. The number of nitrogens with zero attached hydrogens (tertiary/aromatic N) is 3. The first-order valence-corrected chi connectivity index (χ1v) is 11.8. The molecule has 7 nitrogen and oxygen atoms in total. The number of thioether (sulfide) groups is 1. The molecule has 0 unspecified atom stereocenters. The lowest BCUT2D eigenvalue weighted by Crippen LogP contribution is -2.21. The Hall–Kier alpha value is -4.43. The van der Waals surface area contributed by atoms with Crippen LogP contribution in [0.15, 0.2) is 117 Å². The zero-order chi connectivity index (χ0) is 24.2. The summed E-state index contributed by atoms with van der Waals surface area (Å²) in [6.07, 6.45) is 1.65. The van der Waals surface area contributed by atoms with Crippen molar-refractivity contribution in [3.8, 4) is 11.3 Å². The molecule has 0 fully saturated rings. The van der Waals surface area contributed by atoms with E-state index in [-0.39, 0.29) is 11.6 Å². The number of amides is 1. The van der Waals surface area contributed by atoms with Crippen molar-refractivity contribution in [3.05, 3.63) is 119 Å². The van der Waals surface area contributed by atoms with E-state index in [1.165, 1.54) is 11.1 Å². The minimum Gasteiger partial charge on any atom is -0.456 e. The Labute approximate surface area is 205 Å². The summed E-state index contributed by atoms with van der Waals surface area (Å²) >= 11 is 1.58. The van der Waals surface area contributed by atoms with Crippen molar-refractivity contribution in [2.75, 3.05) is 10.8 Å². The summed E-state index contributed by atoms with van der Waals surface area (Å²) in [5.41, 5.74) is 2.04. The van der Waals surface area contributed by atoms with Crippen LogP contribution >= 0.6 is 11.8 Å². The van der Waals surface area contributed by atoms with Crippen LogP contribution in [0.1, 0.15) is 5.76 Å². The van der Waals surface area contributed by atoms with Crippen LogP contribution in [-0.2, 0) is 4.79 Å². The molecule has 5 rings (SSSR count). The minimum atomic E-state index is -0.445. The molecule has 2 heterocycles. The molecule has 0 spiro atoms. The maximum atomic E-state index is 13.4. The molecule has 0 radical (unpaired) electrons. The third-order valence-electron chi connectivity index (χ3n) is 5.35. The van der Waals surface area contributed by atoms with Crippen molar-refractivity contribution < 1.29 is 14.1 Å². The van der Waals surface area contributed by atoms with Gasteiger partial charge in [-0.15, -0.1) is 11.8 Å². The number of benzene rings is 3. The van der Waals surface area contributed by atoms with Gasteiger partial charge in [0.15, 0.2) is 0 Å². The Morgan fingerprint density at radius 2 is 1.60 bits per heavy atom. The quantitative estimate of drug-likeness (QED) is 0.131. The third-order valence-corrected chi connectivity index (χ3v) is 6.38. The van der Waals surface area contributed by atoms with Gasteiger partial charge in [-0.2, -0.15) is 10.1 Å². The Bertz CT molecular complexity index is 1450. The minimum absolute atomic E-state index is 0.0465. The van der Waals surface area contributed by atoms with Crippen LogP contribution in [-0.4, -0.2) is 22.3 Å². The Morgan fingerprint density at radius 3 is 2.34 bits per heavy atom. The maximum Gasteiger partial charge on any atom is 0.280 e. The maximum absolute atomic E-state index is 13.4. The molecule has 1 amide bonds. The molecular formula is C27H19N3O4S. The van der Waals surface area contributed by atoms with Gasteiger partial charge in [0.25, 0.3) is 11.6 Å². The Kier molecular flexibility index (Phi) is 6.28. The van der Waals surface area contributed by atoms with E-state index in [4.69, 9.17) is 4.42 Å². The lowest BCUT2D eigenvalue weighted by atomic mass is 10.1. The summed E-state index contributed by atoms with van der Waals surface area (Å²) in [7, 11) is 0. The van der Waals surface area contributed by atoms with E-state index in [0.717, 1.165) is 4.90 Å². The van der Waals surface area contributed by atoms with Crippen LogP contribution in [0.2, 0.25) is 0 Å². The molecule has 1 aliphatic heterocycles. The number of para-hydroxylation sites is 2. The van der Waals surface area contributed by atoms with Gasteiger partial charge < -0.3 is 4.42 Å². The second kappa shape index (κ2) is 9.82. The fraction of sp³-hybridized carbons (Fsp3) is 0.0370. The second-order valence-corrected chi connectivity index (χ2v) is 8.68. The molecule has 0 saturated heterocycles. The Balaban J connectivity index is 1.48. The highest BCUT2D eigenvalue weighted by molar-refractivity contribution is 8.00. The highest BCUT2D eigenvalue weighted by Crippen LogP contribution is 2.33. The lowest BCUT2D eigenvalue weighted by molar-refractivity contribution is -0.384. The number of hydrogen-bond donors (Lipinski definition) is 0. The average Bonchev–Trinajstić information content (AvgIpc) is 3.49. The molecule has 172 valence electrons. The normalized spacial score (nSPS) is 14.4. The van der Waals surface area contributed by atoms with Gasteiger partial charge >= 0.3 is 0 Å². The molecule has 0 aliphatic carbocycles. The van der Waals surface area contributed by atoms with E-state index in [0.29, 0.717) is 39.8 Å². The lowest BCUT2D eigenvalue weighted by Gasteiger charge is -2.10. The van der Waals surface area contributed by atoms with E-state index >= 15 is 0 Å². The molecule has 0 N–H and O–H groups in total. The molecule has 8 heteroatoms. The fourth-order valence-corrected chi connectivity index (χ4v) is 4.55. The molecule has 0 saturated carbocycles. The highest BCUT2D eigenvalue weighted by atomic mass is 32.2. The van der Waals surface area contributed by atoms with Crippen molar-refractivity contribution in [2.45, 2.75) is 4.90 Å². The molecule has 4 aromatic rings. The van der Waals surface area contributed by atoms with Gasteiger partial charge in [0.2, 0.25) is 0 Å². The van der Waals surface area contributed by atoms with E-state index in [2.05, 4.69) is 5.10 Å². The van der Waals surface area contributed by atoms with Gasteiger partial charge in [0.05, 0.1) is 27.5 Å². The molecule has 35 heavy (non-hydrogen) atoms. The van der Waals surface area contributed by atoms with Crippen LogP contribution in [0.3, 0.4) is 0 Å². The van der Waals surface area contributed by atoms with Crippen LogP contribution in [0.4, 0.5) is 11.4 Å². The van der Waals surface area contributed by atoms with E-state index in [1.54, 1.807) is 48.2 Å². The zero-order valence-electron chi connectivity index (χ0n) is 18.4. The first kappa shape index (κ1) is 22.4. The van der Waals surface area contributed by atoms with Crippen molar-refractivity contribution in [2.24, 2.45) is 5.10 Å². The zero-order valence-corrected chi connectivity index (χ0v) is 19.2. The van der Waals surface area contributed by atoms with E-state index in [1.807, 2.05) is 60.7 Å². The smallest absolute Gasteiger partial charge is 0.280 e. The highest BCUT2D eigenvalue weighted by Gasteiger charge is 2.31. The average molecular weight is 482 g/mol. The van der Waals surface area contributed by atoms with Gasteiger partial charge in [-0.1, -0.05) is 48.5 Å². The largest absolute Gasteiger partial charge is 0.456 e. The summed E-state index contributed by atoms with van der Waals surface area (Å²) in [6.45, 7) is 0. The monoisotopic (exact) mass is 481 g/mol. The number of hydrogen-bond acceptors (Lipinski definition) is 6. The predicted octanol–water partition coefficient (Wildman–Crippen LogP) is 6.43. The molecular weight excluding hydrogens is 462 g/mol. The second-order valence-electron chi connectivity index (χ2n) is 7.64. The first-order valence-electron chi connectivity index (χ1n) is 10.8. The van der Waals surface area contributed by atoms with Crippen molar-refractivity contribution in [1.29, 1.82) is 0 Å². The summed E-state index contributed by atoms with van der Waals surface area (Å²) < 4.78 is 5.91. The summed E-state index contributed by atoms with van der Waals surface area (Å²) in [6, 6.07) is 28.9. The number of carbonyl (C=O) groups excluding carboxylic acids is 1. The predicted molar refractivity (Wildman–Crippen MR) is 137 cm³/mol. The molecule has 1 aromatic heterocycles. The van der Waals surface area contributed by atoms with Crippen molar-refractivity contribution in [1.82, 2.24) is 0 Å². The summed E-state index contributed by atoms with van der Waals surface area (Å²) in [5.74, 6) is 0.992. The topological polar surface area (TPSA) is 88.9 Å². The van der Waals surface area contributed by atoms with Gasteiger partial charge in [0, 0.05) is 16.7 Å². The molecule has 1 aliphatic rings. The van der Waals surface area contributed by atoms with Crippen molar-refractivity contribution in [3.63, 3.8) is 0 Å². The van der Waals surface area contributed by atoms with E-state index < -0.39 is 4.92 Å². The van der Waals surface area contributed by atoms with Gasteiger partial charge in [0.1, 0.15) is 11.5 Å². The van der Waals surface area contributed by atoms with Gasteiger partial charge in [-0.3, -0.25) is 14.9 Å². The molecule has 3 aromatic carbocycles. The number of anilines is 1. The first-order chi connectivity index (χ1) is 17.1. The number of hydrazone groups is 1. The molecule has 0 atom stereocenters. The third kappa shape index (κ3) is 4.78. The van der Waals surface area contributed by atoms with Crippen LogP contribution in [0.5, 0.6) is 0 Å². The van der Waals surface area contributed by atoms with Gasteiger partial charge in [-0.25, -0.2) is 0 Å². The van der Waals surface area contributed by atoms with Crippen molar-refractivity contribution >= 4 is 40.8 Å². The van der Waals surface area contributed by atoms with Crippen LogP contribution in [0, 0.1) is 10.1 Å². The SMILES string of the molecule is O=C1/C(=C/c2ccc(-c3ccccc3[N+](=O)[O-])o2)C(CSc2ccccc2)=NN1c1ccccc1.